The van der Waals surface area contributed by atoms with Gasteiger partial charge in [-0.3, -0.25) is 9.59 Å². The summed E-state index contributed by atoms with van der Waals surface area (Å²) in [5.41, 5.74) is -1.23. The molecule has 3 heterocycles. The van der Waals surface area contributed by atoms with Crippen molar-refractivity contribution in [2.24, 2.45) is 0 Å². The van der Waals surface area contributed by atoms with Gasteiger partial charge in [0.25, 0.3) is 0 Å². The zero-order chi connectivity index (χ0) is 75.3. The van der Waals surface area contributed by atoms with Crippen LogP contribution in [0.1, 0.15) is 111 Å². The highest BCUT2D eigenvalue weighted by Gasteiger charge is 2.60. The Kier molecular flexibility index (Phi) is 26.6. The fourth-order valence-electron chi connectivity index (χ4n) is 11.8. The molecule has 8 aromatic carbocycles. The van der Waals surface area contributed by atoms with Crippen LogP contribution in [0.3, 0.4) is 0 Å². The molecule has 11 rings (SSSR count). The predicted molar refractivity (Wildman–Crippen MR) is 378 cm³/mol. The minimum absolute atomic E-state index is 0.00498. The molecule has 3 aliphatic rings. The smallest absolute Gasteiger partial charge is 0.338 e. The van der Waals surface area contributed by atoms with Gasteiger partial charge >= 0.3 is 59.7 Å². The summed E-state index contributed by atoms with van der Waals surface area (Å²) in [5, 5.41) is -0.389. The molecular weight excluding hydrogens is 1400 g/mol. The van der Waals surface area contributed by atoms with Crippen molar-refractivity contribution >= 4 is 71.5 Å². The van der Waals surface area contributed by atoms with E-state index in [-0.39, 0.29) is 49.8 Å². The lowest BCUT2D eigenvalue weighted by Crippen LogP contribution is -2.67. The molecule has 0 N–H and O–H groups in total. The summed E-state index contributed by atoms with van der Waals surface area (Å²) < 4.78 is 96.4. The molecular formula is C81H74O25S. The molecule has 15 atom stereocenters. The predicted octanol–water partition coefficient (Wildman–Crippen LogP) is 10.6. The van der Waals surface area contributed by atoms with E-state index in [0.29, 0.717) is 0 Å². The van der Waals surface area contributed by atoms with Crippen molar-refractivity contribution in [2.75, 3.05) is 19.8 Å². The van der Waals surface area contributed by atoms with Crippen molar-refractivity contribution in [3.05, 3.63) is 287 Å². The van der Waals surface area contributed by atoms with Crippen molar-refractivity contribution < 1.29 is 119 Å². The Bertz CT molecular complexity index is 4320. The molecule has 107 heavy (non-hydrogen) atoms. The number of hydrogen-bond acceptors (Lipinski definition) is 26. The zero-order valence-electron chi connectivity index (χ0n) is 58.1. The van der Waals surface area contributed by atoms with Gasteiger partial charge in [-0.15, -0.1) is 11.8 Å². The first-order chi connectivity index (χ1) is 51.8. The van der Waals surface area contributed by atoms with E-state index in [4.69, 9.17) is 71.1 Å². The Morgan fingerprint density at radius 2 is 0.542 bits per heavy atom. The van der Waals surface area contributed by atoms with Gasteiger partial charge in [0.05, 0.1) is 51.1 Å². The van der Waals surface area contributed by atoms with E-state index in [1.807, 2.05) is 0 Å². The quantitative estimate of drug-likeness (QED) is 0.0341. The van der Waals surface area contributed by atoms with Crippen molar-refractivity contribution in [1.82, 2.24) is 0 Å². The largest absolute Gasteiger partial charge is 0.459 e. The number of benzene rings is 8. The molecule has 0 spiro atoms. The van der Waals surface area contributed by atoms with Gasteiger partial charge in [-0.2, -0.15) is 0 Å². The van der Waals surface area contributed by atoms with E-state index in [2.05, 4.69) is 0 Å². The first kappa shape index (κ1) is 76.7. The average Bonchev–Trinajstić information content (AvgIpc) is 0.766. The molecule has 0 saturated carbocycles. The van der Waals surface area contributed by atoms with Gasteiger partial charge in [0.2, 0.25) is 0 Å². The summed E-state index contributed by atoms with van der Waals surface area (Å²) in [6.45, 7) is 3.34. The second kappa shape index (κ2) is 37.0. The number of esters is 10. The molecule has 554 valence electrons. The monoisotopic (exact) mass is 1480 g/mol. The maximum Gasteiger partial charge on any atom is 0.338 e. The fourth-order valence-corrected chi connectivity index (χ4v) is 12.9. The highest BCUT2D eigenvalue weighted by Crippen LogP contribution is 2.41. The third kappa shape index (κ3) is 20.4. The molecule has 0 radical (unpaired) electrons. The van der Waals surface area contributed by atoms with Crippen molar-refractivity contribution in [1.29, 1.82) is 0 Å². The lowest BCUT2D eigenvalue weighted by Gasteiger charge is -2.49. The third-order valence-corrected chi connectivity index (χ3v) is 18.0. The van der Waals surface area contributed by atoms with Crippen molar-refractivity contribution in [3.8, 4) is 0 Å². The Labute approximate surface area is 618 Å². The Morgan fingerprint density at radius 1 is 0.290 bits per heavy atom. The molecule has 0 amide bonds. The summed E-state index contributed by atoms with van der Waals surface area (Å²) in [7, 11) is 0. The number of carbonyl (C=O) groups excluding carboxylic acids is 10. The number of thioether (sulfide) groups is 1. The first-order valence-corrected chi connectivity index (χ1v) is 35.0. The normalized spacial score (nSPS) is 23.8. The minimum Gasteiger partial charge on any atom is -0.459 e. The Morgan fingerprint density at radius 3 is 0.850 bits per heavy atom. The van der Waals surface area contributed by atoms with Crippen LogP contribution in [-0.2, 0) is 80.6 Å². The maximum atomic E-state index is 14.8. The Hall–Kier alpha value is -11.4. The minimum atomic E-state index is -2.13. The molecule has 0 unspecified atom stereocenters. The highest BCUT2D eigenvalue weighted by atomic mass is 32.2. The molecule has 0 aliphatic carbocycles. The van der Waals surface area contributed by atoms with Crippen LogP contribution in [0, 0.1) is 0 Å². The fraction of sp³-hybridized carbons (Fsp3) is 0.284. The third-order valence-electron chi connectivity index (χ3n) is 16.8. The van der Waals surface area contributed by atoms with Gasteiger partial charge in [-0.1, -0.05) is 159 Å². The number of ether oxygens (including phenoxy) is 15. The van der Waals surface area contributed by atoms with E-state index in [1.54, 1.807) is 159 Å². The van der Waals surface area contributed by atoms with Gasteiger partial charge in [0, 0.05) is 19.1 Å². The van der Waals surface area contributed by atoms with Gasteiger partial charge in [0.15, 0.2) is 61.4 Å². The van der Waals surface area contributed by atoms with Gasteiger partial charge in [-0.05, 0) is 97.1 Å². The summed E-state index contributed by atoms with van der Waals surface area (Å²) in [6.07, 6.45) is -26.2. The lowest BCUT2D eigenvalue weighted by atomic mass is 9.96. The summed E-state index contributed by atoms with van der Waals surface area (Å²) in [6, 6.07) is 61.6. The second-order valence-corrected chi connectivity index (χ2v) is 26.4. The molecule has 3 fully saturated rings. The highest BCUT2D eigenvalue weighted by molar-refractivity contribution is 8.00. The topological polar surface area (TPSA) is 309 Å². The average molecular weight is 1480 g/mol. The molecule has 3 saturated heterocycles. The standard InChI is InChI=1S/C81H74O25S/c1-48(2)107-81-70(96-50(4)83)67(106-80-69(105-78(91)58-43-27-12-28-44-58)66(103-76(89)56-39-23-10-24-40-56)64(101-74(87)54-35-19-8-20-36-54)60(98-80)46-93-72(85)52-31-15-6-16-32-52)62(95-49(3)82)61(99-81)47-94-79-68(104-77(90)57-41-25-11-26-42-57)65(102-75(88)55-37-21-9-22-38-55)63(100-73(86)53-33-17-7-18-34-53)59(97-79)45-92-71(84)51-29-13-5-14-30-51/h5-44,48,59-70,79-81H,45-47H2,1-4H3/t59-,60-,61-,62-,63-,64-,65+,66+,67+,68-,69-,70-,79-,80+,81+/m1/s1. The molecule has 26 heteroatoms. The van der Waals surface area contributed by atoms with Crippen LogP contribution >= 0.6 is 11.8 Å². The van der Waals surface area contributed by atoms with Crippen LogP contribution in [-0.4, -0.2) is 176 Å². The first-order valence-electron chi connectivity index (χ1n) is 34.1. The van der Waals surface area contributed by atoms with Crippen LogP contribution < -0.4 is 0 Å². The van der Waals surface area contributed by atoms with Crippen LogP contribution in [0.5, 0.6) is 0 Å². The zero-order valence-corrected chi connectivity index (χ0v) is 58.9. The van der Waals surface area contributed by atoms with Crippen LogP contribution in [0.15, 0.2) is 243 Å². The number of hydrogen-bond donors (Lipinski definition) is 0. The molecule has 0 aromatic heterocycles. The van der Waals surface area contributed by atoms with Crippen LogP contribution in [0.4, 0.5) is 0 Å². The van der Waals surface area contributed by atoms with E-state index in [1.165, 1.54) is 97.1 Å². The molecule has 0 bridgehead atoms. The second-order valence-electron chi connectivity index (χ2n) is 24.7. The Balaban J connectivity index is 1.03. The van der Waals surface area contributed by atoms with Gasteiger partial charge in [0.1, 0.15) is 43.1 Å². The lowest BCUT2D eigenvalue weighted by molar-refractivity contribution is -0.341. The van der Waals surface area contributed by atoms with E-state index < -0.39 is 171 Å². The molecule has 25 nitrogen and oxygen atoms in total. The number of carbonyl (C=O) groups is 10. The molecule has 3 aliphatic heterocycles. The molecule has 8 aromatic rings. The number of rotatable bonds is 27. The summed E-state index contributed by atoms with van der Waals surface area (Å²) in [5.74, 6) is -9.79. The van der Waals surface area contributed by atoms with Crippen molar-refractivity contribution in [2.45, 2.75) is 124 Å². The van der Waals surface area contributed by atoms with Gasteiger partial charge in [-0.25, -0.2) is 38.4 Å². The SMILES string of the molecule is CC(=O)O[C@@H]1[C@@H](O[C@@H]2O[C@H](COC(=O)c3ccccc3)[C@@H](OC(=O)c3ccccc3)[C@H](OC(=O)c3ccccc3)[C@H]2OC(=O)c2ccccc2)[C@H](OC(C)=O)[C@@H](CO[C@@H]2O[C@H](COC(=O)c3ccccc3)[C@@H](OC(=O)c3ccccc3)[C@H](OC(=O)c3ccccc3)[C@H]2OC(=O)c2ccccc2)O[C@H]1SC(C)C. The van der Waals surface area contributed by atoms with Crippen molar-refractivity contribution in [3.63, 3.8) is 0 Å². The van der Waals surface area contributed by atoms with E-state index in [9.17, 15) is 47.9 Å². The summed E-state index contributed by atoms with van der Waals surface area (Å²) in [4.78, 5) is 143. The van der Waals surface area contributed by atoms with E-state index >= 15 is 0 Å². The van der Waals surface area contributed by atoms with Gasteiger partial charge < -0.3 is 71.1 Å². The van der Waals surface area contributed by atoms with E-state index in [0.717, 1.165) is 25.6 Å². The van der Waals surface area contributed by atoms with Crippen LogP contribution in [0.25, 0.3) is 0 Å². The van der Waals surface area contributed by atoms with Crippen LogP contribution in [0.2, 0.25) is 0 Å². The maximum absolute atomic E-state index is 14.8. The summed E-state index contributed by atoms with van der Waals surface area (Å²) >= 11 is 1.09.